The molecule has 4 unspecified atom stereocenters. The molecule has 0 aliphatic carbocycles. The third kappa shape index (κ3) is 3.14. The molecule has 0 aromatic carbocycles. The Hall–Kier alpha value is -1.21. The van der Waals surface area contributed by atoms with Gasteiger partial charge in [0.15, 0.2) is 24.7 Å². The summed E-state index contributed by atoms with van der Waals surface area (Å²) in [5.41, 5.74) is 0. The quantitative estimate of drug-likeness (QED) is 0.653. The second kappa shape index (κ2) is 5.22. The third-order valence-electron chi connectivity index (χ3n) is 2.00. The summed E-state index contributed by atoms with van der Waals surface area (Å²) >= 11 is 0. The van der Waals surface area contributed by atoms with Crippen molar-refractivity contribution >= 4 is 11.9 Å². The molecule has 0 bridgehead atoms. The number of hydrogen-bond acceptors (Lipinski definition) is 6. The van der Waals surface area contributed by atoms with Gasteiger partial charge in [-0.2, -0.15) is 0 Å². The summed E-state index contributed by atoms with van der Waals surface area (Å²) in [4.78, 5) is 21.3. The molecule has 0 amide bonds. The predicted molar refractivity (Wildman–Crippen MR) is 48.0 cm³/mol. The molecule has 1 saturated heterocycles. The van der Waals surface area contributed by atoms with Crippen molar-refractivity contribution in [2.45, 2.75) is 38.5 Å². The summed E-state index contributed by atoms with van der Waals surface area (Å²) in [6.07, 6.45) is -6.01. The molecule has 1 rings (SSSR count). The maximum Gasteiger partial charge on any atom is 0.303 e. The fourth-order valence-corrected chi connectivity index (χ4v) is 1.38. The number of halogens is 1. The molecule has 4 atom stereocenters. The summed E-state index contributed by atoms with van der Waals surface area (Å²) in [5, 5.41) is 9.26. The number of ether oxygens (including phenoxy) is 3. The minimum Gasteiger partial charge on any atom is -0.457 e. The van der Waals surface area contributed by atoms with Gasteiger partial charge in [0, 0.05) is 13.8 Å². The monoisotopic (exact) mass is 236 g/mol. The molecular weight excluding hydrogens is 223 g/mol. The Balaban J connectivity index is 2.66. The summed E-state index contributed by atoms with van der Waals surface area (Å²) in [7, 11) is 0. The van der Waals surface area contributed by atoms with Crippen LogP contribution in [0, 0.1) is 0 Å². The van der Waals surface area contributed by atoms with Gasteiger partial charge >= 0.3 is 11.9 Å². The van der Waals surface area contributed by atoms with Gasteiger partial charge in [-0.3, -0.25) is 9.59 Å². The van der Waals surface area contributed by atoms with Crippen molar-refractivity contribution in [3.8, 4) is 0 Å². The van der Waals surface area contributed by atoms with Crippen LogP contribution in [0.15, 0.2) is 0 Å². The zero-order valence-corrected chi connectivity index (χ0v) is 8.88. The van der Waals surface area contributed by atoms with Crippen molar-refractivity contribution in [2.75, 3.05) is 6.61 Å². The van der Waals surface area contributed by atoms with Crippen molar-refractivity contribution in [1.82, 2.24) is 0 Å². The van der Waals surface area contributed by atoms with Crippen molar-refractivity contribution in [2.24, 2.45) is 0 Å². The van der Waals surface area contributed by atoms with Crippen LogP contribution < -0.4 is 0 Å². The van der Waals surface area contributed by atoms with Gasteiger partial charge in [-0.25, -0.2) is 4.39 Å². The van der Waals surface area contributed by atoms with E-state index in [9.17, 15) is 19.1 Å². The number of aliphatic hydroxyl groups excluding tert-OH is 1. The first-order valence-corrected chi connectivity index (χ1v) is 4.70. The van der Waals surface area contributed by atoms with Crippen LogP contribution in [0.5, 0.6) is 0 Å². The summed E-state index contributed by atoms with van der Waals surface area (Å²) < 4.78 is 27.6. The maximum atomic E-state index is 13.7. The van der Waals surface area contributed by atoms with E-state index in [-0.39, 0.29) is 6.61 Å². The molecule has 0 aromatic rings. The Labute approximate surface area is 91.3 Å². The van der Waals surface area contributed by atoms with E-state index in [0.717, 1.165) is 13.8 Å². The molecule has 6 nitrogen and oxygen atoms in total. The second-order valence-electron chi connectivity index (χ2n) is 3.39. The fraction of sp³-hybridized carbons (Fsp3) is 0.778. The van der Waals surface area contributed by atoms with E-state index < -0.39 is 36.6 Å². The molecule has 1 aliphatic rings. The van der Waals surface area contributed by atoms with E-state index in [1.54, 1.807) is 0 Å². The SMILES string of the molecule is CC(=O)OC1COC(O)C(OC(C)=O)C1F. The van der Waals surface area contributed by atoms with Crippen LogP contribution in [0.2, 0.25) is 0 Å². The van der Waals surface area contributed by atoms with E-state index in [1.807, 2.05) is 0 Å². The van der Waals surface area contributed by atoms with E-state index in [4.69, 9.17) is 4.74 Å². The van der Waals surface area contributed by atoms with Gasteiger partial charge in [0.2, 0.25) is 0 Å². The molecule has 1 fully saturated rings. The lowest BCUT2D eigenvalue weighted by molar-refractivity contribution is -0.251. The molecule has 0 spiro atoms. The van der Waals surface area contributed by atoms with Gasteiger partial charge in [0.25, 0.3) is 0 Å². The first-order valence-electron chi connectivity index (χ1n) is 4.70. The summed E-state index contributed by atoms with van der Waals surface area (Å²) in [5.74, 6) is -1.42. The van der Waals surface area contributed by atoms with Crippen LogP contribution >= 0.6 is 0 Å². The summed E-state index contributed by atoms with van der Waals surface area (Å²) in [6.45, 7) is 1.92. The smallest absolute Gasteiger partial charge is 0.303 e. The summed E-state index contributed by atoms with van der Waals surface area (Å²) in [6, 6.07) is 0. The molecule has 1 aliphatic heterocycles. The highest BCUT2D eigenvalue weighted by molar-refractivity contribution is 5.67. The van der Waals surface area contributed by atoms with Crippen LogP contribution in [-0.2, 0) is 23.8 Å². The third-order valence-corrected chi connectivity index (χ3v) is 2.00. The van der Waals surface area contributed by atoms with Crippen LogP contribution in [0.3, 0.4) is 0 Å². The molecule has 0 radical (unpaired) electrons. The number of carbonyl (C=O) groups excluding carboxylic acids is 2. The zero-order valence-electron chi connectivity index (χ0n) is 8.88. The molecule has 16 heavy (non-hydrogen) atoms. The highest BCUT2D eigenvalue weighted by atomic mass is 19.1. The molecule has 92 valence electrons. The number of carbonyl (C=O) groups is 2. The number of aliphatic hydroxyl groups is 1. The van der Waals surface area contributed by atoms with E-state index in [2.05, 4.69) is 9.47 Å². The fourth-order valence-electron chi connectivity index (χ4n) is 1.38. The predicted octanol–water partition coefficient (Wildman–Crippen LogP) is -0.464. The molecule has 1 N–H and O–H groups in total. The Morgan fingerprint density at radius 3 is 2.38 bits per heavy atom. The number of esters is 2. The second-order valence-corrected chi connectivity index (χ2v) is 3.39. The number of hydrogen-bond donors (Lipinski definition) is 1. The largest absolute Gasteiger partial charge is 0.457 e. The Morgan fingerprint density at radius 1 is 1.31 bits per heavy atom. The zero-order chi connectivity index (χ0) is 12.3. The van der Waals surface area contributed by atoms with E-state index in [1.165, 1.54) is 0 Å². The van der Waals surface area contributed by atoms with Gasteiger partial charge in [-0.1, -0.05) is 0 Å². The lowest BCUT2D eigenvalue weighted by Gasteiger charge is -2.34. The van der Waals surface area contributed by atoms with Crippen molar-refractivity contribution in [3.63, 3.8) is 0 Å². The van der Waals surface area contributed by atoms with Gasteiger partial charge in [-0.15, -0.1) is 0 Å². The molecule has 1 heterocycles. The van der Waals surface area contributed by atoms with Crippen LogP contribution in [0.1, 0.15) is 13.8 Å². The lowest BCUT2D eigenvalue weighted by Crippen LogP contribution is -2.53. The topological polar surface area (TPSA) is 82.1 Å². The van der Waals surface area contributed by atoms with Crippen LogP contribution in [0.4, 0.5) is 4.39 Å². The van der Waals surface area contributed by atoms with Crippen LogP contribution in [0.25, 0.3) is 0 Å². The first kappa shape index (κ1) is 12.9. The Kier molecular flexibility index (Phi) is 4.19. The average molecular weight is 236 g/mol. The average Bonchev–Trinajstić information content (AvgIpc) is 2.16. The van der Waals surface area contributed by atoms with E-state index in [0.29, 0.717) is 0 Å². The van der Waals surface area contributed by atoms with Crippen LogP contribution in [-0.4, -0.2) is 48.3 Å². The first-order chi connectivity index (χ1) is 7.41. The Bertz CT molecular complexity index is 281. The molecular formula is C9H13FO6. The highest BCUT2D eigenvalue weighted by Crippen LogP contribution is 2.22. The number of alkyl halides is 1. The van der Waals surface area contributed by atoms with Gasteiger partial charge in [0.1, 0.15) is 0 Å². The Morgan fingerprint density at radius 2 is 1.88 bits per heavy atom. The van der Waals surface area contributed by atoms with E-state index >= 15 is 0 Å². The molecule has 0 saturated carbocycles. The van der Waals surface area contributed by atoms with Crippen molar-refractivity contribution in [1.29, 1.82) is 0 Å². The van der Waals surface area contributed by atoms with Crippen molar-refractivity contribution < 1.29 is 33.3 Å². The normalized spacial score (nSPS) is 34.2. The molecule has 0 aromatic heterocycles. The minimum absolute atomic E-state index is 0.278. The molecule has 7 heteroatoms. The standard InChI is InChI=1S/C9H13FO6/c1-4(11)15-6-3-14-9(13)8(7(6)10)16-5(2)12/h6-9,13H,3H2,1-2H3. The lowest BCUT2D eigenvalue weighted by atomic mass is 10.1. The van der Waals surface area contributed by atoms with Gasteiger partial charge < -0.3 is 19.3 Å². The van der Waals surface area contributed by atoms with Gasteiger partial charge in [0.05, 0.1) is 6.61 Å². The minimum atomic E-state index is -1.81. The number of rotatable bonds is 2. The highest BCUT2D eigenvalue weighted by Gasteiger charge is 2.44. The van der Waals surface area contributed by atoms with Gasteiger partial charge in [-0.05, 0) is 0 Å². The van der Waals surface area contributed by atoms with Crippen molar-refractivity contribution in [3.05, 3.63) is 0 Å². The maximum absolute atomic E-state index is 13.7.